The van der Waals surface area contributed by atoms with Gasteiger partial charge in [0.1, 0.15) is 0 Å². The molecule has 9 aromatic rings. The molecule has 1 spiro atoms. The summed E-state index contributed by atoms with van der Waals surface area (Å²) in [6.45, 7) is 0. The van der Waals surface area contributed by atoms with Crippen molar-refractivity contribution in [3.63, 3.8) is 0 Å². The fourth-order valence-electron chi connectivity index (χ4n) is 9.04. The highest BCUT2D eigenvalue weighted by atomic mass is 32.2. The summed E-state index contributed by atoms with van der Waals surface area (Å²) in [6.07, 6.45) is 0. The molecule has 2 aliphatic rings. The van der Waals surface area contributed by atoms with Crippen LogP contribution < -0.4 is 0 Å². The molecule has 0 unspecified atom stereocenters. The Balaban J connectivity index is 1.14. The number of hydrogen-bond acceptors (Lipinski definition) is 3. The smallest absolute Gasteiger partial charge is 0.160 e. The number of hydrogen-bond donors (Lipinski definition) is 0. The third-order valence-electron chi connectivity index (χ3n) is 11.4. The number of fused-ring (bicyclic) bond motifs is 9. The predicted molar refractivity (Wildman–Crippen MR) is 231 cm³/mol. The largest absolute Gasteiger partial charge is 0.228 e. The highest BCUT2D eigenvalue weighted by Gasteiger charge is 2.50. The van der Waals surface area contributed by atoms with Crippen LogP contribution in [0.5, 0.6) is 0 Å². The van der Waals surface area contributed by atoms with Gasteiger partial charge in [0.15, 0.2) is 5.82 Å². The van der Waals surface area contributed by atoms with E-state index in [2.05, 4.69) is 182 Å². The van der Waals surface area contributed by atoms with Crippen LogP contribution in [-0.4, -0.2) is 9.97 Å². The molecule has 8 aromatic carbocycles. The third-order valence-corrected chi connectivity index (χ3v) is 12.6. The second-order valence-electron chi connectivity index (χ2n) is 14.4. The standard InChI is InChI=1S/C53H34N2S/c1-3-18-35(19-4-1)48-34-49(55-52(54-48)36-20-5-2-6-21-36)42-27-10-9-23-38(42)37-22-7-8-24-39(37)43-28-17-32-47-51(43)56-50-33-16-15-31-46(50)53(47)44-29-13-11-25-40(44)41-26-12-14-30-45(41)53/h1-34H. The van der Waals surface area contributed by atoms with Crippen molar-refractivity contribution in [2.45, 2.75) is 15.2 Å². The Labute approximate surface area is 331 Å². The van der Waals surface area contributed by atoms with E-state index in [-0.39, 0.29) is 0 Å². The molecule has 1 aliphatic carbocycles. The summed E-state index contributed by atoms with van der Waals surface area (Å²) < 4.78 is 0. The Hall–Kier alpha value is -6.81. The van der Waals surface area contributed by atoms with Crippen LogP contribution in [0.4, 0.5) is 0 Å². The topological polar surface area (TPSA) is 25.8 Å². The van der Waals surface area contributed by atoms with E-state index in [9.17, 15) is 0 Å². The van der Waals surface area contributed by atoms with E-state index < -0.39 is 5.41 Å². The lowest BCUT2D eigenvalue weighted by Gasteiger charge is -2.40. The van der Waals surface area contributed by atoms with Crippen molar-refractivity contribution < 1.29 is 0 Å². The van der Waals surface area contributed by atoms with Gasteiger partial charge in [0.05, 0.1) is 16.8 Å². The molecule has 56 heavy (non-hydrogen) atoms. The van der Waals surface area contributed by atoms with E-state index in [1.807, 2.05) is 36.0 Å². The van der Waals surface area contributed by atoms with E-state index in [1.165, 1.54) is 59.9 Å². The molecule has 0 amide bonds. The van der Waals surface area contributed by atoms with Gasteiger partial charge >= 0.3 is 0 Å². The van der Waals surface area contributed by atoms with Gasteiger partial charge in [-0.1, -0.05) is 206 Å². The van der Waals surface area contributed by atoms with Crippen LogP contribution in [0.3, 0.4) is 0 Å². The Morgan fingerprint density at radius 1 is 0.321 bits per heavy atom. The predicted octanol–water partition coefficient (Wildman–Crippen LogP) is 13.6. The van der Waals surface area contributed by atoms with Crippen molar-refractivity contribution in [2.24, 2.45) is 0 Å². The fourth-order valence-corrected chi connectivity index (χ4v) is 10.4. The molecule has 262 valence electrons. The second kappa shape index (κ2) is 13.2. The lowest BCUT2D eigenvalue weighted by Crippen LogP contribution is -2.32. The van der Waals surface area contributed by atoms with Gasteiger partial charge in [-0.15, -0.1) is 0 Å². The van der Waals surface area contributed by atoms with Gasteiger partial charge in [0, 0.05) is 26.5 Å². The van der Waals surface area contributed by atoms with Gasteiger partial charge in [-0.3, -0.25) is 0 Å². The Morgan fingerprint density at radius 3 is 1.43 bits per heavy atom. The van der Waals surface area contributed by atoms with Crippen LogP contribution >= 0.6 is 11.8 Å². The average Bonchev–Trinajstić information content (AvgIpc) is 3.57. The zero-order chi connectivity index (χ0) is 37.1. The summed E-state index contributed by atoms with van der Waals surface area (Å²) in [5, 5.41) is 0. The lowest BCUT2D eigenvalue weighted by atomic mass is 9.67. The van der Waals surface area contributed by atoms with Crippen molar-refractivity contribution in [1.29, 1.82) is 0 Å². The first-order chi connectivity index (χ1) is 27.8. The summed E-state index contributed by atoms with van der Waals surface area (Å²) in [4.78, 5) is 12.9. The minimum Gasteiger partial charge on any atom is -0.228 e. The minimum absolute atomic E-state index is 0.435. The molecular formula is C53H34N2S. The fraction of sp³-hybridized carbons (Fsp3) is 0.0189. The molecule has 11 rings (SSSR count). The zero-order valence-electron chi connectivity index (χ0n) is 30.4. The quantitative estimate of drug-likeness (QED) is 0.176. The van der Waals surface area contributed by atoms with Gasteiger partial charge < -0.3 is 0 Å². The maximum atomic E-state index is 5.26. The molecule has 0 radical (unpaired) electrons. The summed E-state index contributed by atoms with van der Waals surface area (Å²) in [5.74, 6) is 0.708. The summed E-state index contributed by atoms with van der Waals surface area (Å²) >= 11 is 1.90. The first kappa shape index (κ1) is 32.6. The average molecular weight is 731 g/mol. The molecule has 1 aromatic heterocycles. The molecule has 0 N–H and O–H groups in total. The summed E-state index contributed by atoms with van der Waals surface area (Å²) in [7, 11) is 0. The van der Waals surface area contributed by atoms with E-state index in [0.717, 1.165) is 33.6 Å². The number of rotatable bonds is 5. The van der Waals surface area contributed by atoms with Gasteiger partial charge in [0.25, 0.3) is 0 Å². The van der Waals surface area contributed by atoms with Crippen LogP contribution in [0.25, 0.3) is 67.3 Å². The minimum atomic E-state index is -0.435. The molecule has 2 nitrogen and oxygen atoms in total. The Bertz CT molecular complexity index is 2850. The molecule has 3 heteroatoms. The SMILES string of the molecule is c1ccc(-c2cc(-c3ccccc3-c3ccccc3-c3cccc4c3Sc3ccccc3C43c4ccccc4-c4ccccc43)nc(-c3ccccc3)n2)cc1. The maximum Gasteiger partial charge on any atom is 0.160 e. The zero-order valence-corrected chi connectivity index (χ0v) is 31.2. The van der Waals surface area contributed by atoms with E-state index >= 15 is 0 Å². The monoisotopic (exact) mass is 730 g/mol. The Kier molecular flexibility index (Phi) is 7.68. The van der Waals surface area contributed by atoms with E-state index in [0.29, 0.717) is 5.82 Å². The highest BCUT2D eigenvalue weighted by molar-refractivity contribution is 7.99. The number of nitrogens with zero attached hydrogens (tertiary/aromatic N) is 2. The summed E-state index contributed by atoms with van der Waals surface area (Å²) in [5.41, 5.74) is 17.2. The molecular weight excluding hydrogens is 697 g/mol. The van der Waals surface area contributed by atoms with Gasteiger partial charge in [-0.2, -0.15) is 0 Å². The van der Waals surface area contributed by atoms with E-state index in [4.69, 9.17) is 9.97 Å². The first-order valence-corrected chi connectivity index (χ1v) is 19.9. The van der Waals surface area contributed by atoms with Crippen molar-refractivity contribution in [2.75, 3.05) is 0 Å². The second-order valence-corrected chi connectivity index (χ2v) is 15.5. The van der Waals surface area contributed by atoms with Crippen LogP contribution in [0.1, 0.15) is 22.3 Å². The van der Waals surface area contributed by atoms with Gasteiger partial charge in [-0.05, 0) is 67.8 Å². The van der Waals surface area contributed by atoms with Gasteiger partial charge in [-0.25, -0.2) is 9.97 Å². The number of benzene rings is 8. The van der Waals surface area contributed by atoms with E-state index in [1.54, 1.807) is 0 Å². The van der Waals surface area contributed by atoms with Crippen LogP contribution in [0, 0.1) is 0 Å². The molecule has 0 saturated carbocycles. The van der Waals surface area contributed by atoms with Crippen LogP contribution in [0.2, 0.25) is 0 Å². The molecule has 0 fully saturated rings. The Morgan fingerprint density at radius 2 is 0.768 bits per heavy atom. The molecule has 0 atom stereocenters. The van der Waals surface area contributed by atoms with Gasteiger partial charge in [0.2, 0.25) is 0 Å². The molecule has 0 saturated heterocycles. The third kappa shape index (κ3) is 4.98. The molecule has 2 heterocycles. The molecule has 0 bridgehead atoms. The van der Waals surface area contributed by atoms with Crippen LogP contribution in [0.15, 0.2) is 216 Å². The van der Waals surface area contributed by atoms with Crippen molar-refractivity contribution in [3.05, 3.63) is 229 Å². The molecule has 1 aliphatic heterocycles. The normalized spacial score (nSPS) is 13.1. The highest BCUT2D eigenvalue weighted by Crippen LogP contribution is 2.63. The summed E-state index contributed by atoms with van der Waals surface area (Å²) in [6, 6.07) is 74.4. The number of aromatic nitrogens is 2. The van der Waals surface area contributed by atoms with Crippen molar-refractivity contribution in [1.82, 2.24) is 9.97 Å². The first-order valence-electron chi connectivity index (χ1n) is 19.1. The van der Waals surface area contributed by atoms with Crippen LogP contribution in [-0.2, 0) is 5.41 Å². The lowest BCUT2D eigenvalue weighted by molar-refractivity contribution is 0.723. The maximum absolute atomic E-state index is 5.26. The van der Waals surface area contributed by atoms with Crippen molar-refractivity contribution >= 4 is 11.8 Å². The van der Waals surface area contributed by atoms with Crippen molar-refractivity contribution in [3.8, 4) is 67.3 Å².